The Labute approximate surface area is 84.6 Å². The summed E-state index contributed by atoms with van der Waals surface area (Å²) in [5.41, 5.74) is 5.19. The van der Waals surface area contributed by atoms with E-state index in [-0.39, 0.29) is 0 Å². The normalized spacial score (nSPS) is 9.71. The minimum atomic E-state index is -0.791. The van der Waals surface area contributed by atoms with Crippen molar-refractivity contribution >= 4 is 14.7 Å². The van der Waals surface area contributed by atoms with E-state index < -0.39 is 8.40 Å². The largest absolute Gasteiger partial charge is 0.298 e. The van der Waals surface area contributed by atoms with Crippen molar-refractivity contribution in [2.75, 3.05) is 0 Å². The molecular weight excluding hydrogens is 188 g/mol. The monoisotopic (exact) mass is 198 g/mol. The highest BCUT2D eigenvalue weighted by Crippen LogP contribution is 2.10. The van der Waals surface area contributed by atoms with Gasteiger partial charge in [-0.3, -0.25) is 4.79 Å². The summed E-state index contributed by atoms with van der Waals surface area (Å²) < 4.78 is 0. The van der Waals surface area contributed by atoms with Crippen LogP contribution in [0.1, 0.15) is 10.4 Å². The molecule has 1 aromatic heterocycles. The molecule has 0 aliphatic carbocycles. The molecule has 2 aromatic rings. The summed E-state index contributed by atoms with van der Waals surface area (Å²) >= 11 is 0. The van der Waals surface area contributed by atoms with E-state index in [2.05, 4.69) is 23.5 Å². The van der Waals surface area contributed by atoms with Crippen LogP contribution in [0.15, 0.2) is 53.8 Å². The molecule has 2 rings (SSSR count). The molecule has 0 fully saturated rings. The molecule has 2 heteroatoms. The molecule has 0 amide bonds. The summed E-state index contributed by atoms with van der Waals surface area (Å²) in [4.78, 5) is 10.8. The number of carbonyl (C=O) groups excluding carboxylic acids is 1. The Balaban J connectivity index is 2.57. The number of rotatable bonds is 2. The predicted molar refractivity (Wildman–Crippen MR) is 59.1 cm³/mol. The van der Waals surface area contributed by atoms with E-state index in [0.717, 1.165) is 11.8 Å². The SMILES string of the molecule is O=Cc1ccccc1-[si]1ccccc1. The fraction of sp³-hybridized carbons (Fsp3) is 0. The summed E-state index contributed by atoms with van der Waals surface area (Å²) in [5.74, 6) is 0. The summed E-state index contributed by atoms with van der Waals surface area (Å²) in [7, 11) is -0.791. The van der Waals surface area contributed by atoms with Gasteiger partial charge in [0.15, 0.2) is 0 Å². The van der Waals surface area contributed by atoms with Gasteiger partial charge in [0.05, 0.1) is 8.40 Å². The number of carbonyl (C=O) groups is 1. The molecule has 1 nitrogen and oxygen atoms in total. The van der Waals surface area contributed by atoms with E-state index >= 15 is 0 Å². The lowest BCUT2D eigenvalue weighted by atomic mass is 10.2. The van der Waals surface area contributed by atoms with Gasteiger partial charge in [0.1, 0.15) is 6.29 Å². The average molecular weight is 198 g/mol. The Kier molecular flexibility index (Phi) is 2.65. The second-order valence-corrected chi connectivity index (χ2v) is 5.19. The first-order valence-corrected chi connectivity index (χ1v) is 6.17. The van der Waals surface area contributed by atoms with E-state index in [0.29, 0.717) is 0 Å². The summed E-state index contributed by atoms with van der Waals surface area (Å²) in [5, 5.41) is 1.17. The molecule has 0 N–H and O–H groups in total. The minimum Gasteiger partial charge on any atom is -0.298 e. The Bertz CT molecular complexity index is 437. The van der Waals surface area contributed by atoms with Crippen molar-refractivity contribution < 1.29 is 4.79 Å². The lowest BCUT2D eigenvalue weighted by molar-refractivity contribution is 0.112. The van der Waals surface area contributed by atoms with Gasteiger partial charge < -0.3 is 0 Å². The maximum Gasteiger partial charge on any atom is 0.150 e. The molecule has 0 aliphatic heterocycles. The molecule has 0 saturated carbocycles. The number of aldehydes is 1. The summed E-state index contributed by atoms with van der Waals surface area (Å²) in [6, 6.07) is 13.9. The zero-order chi connectivity index (χ0) is 9.80. The lowest BCUT2D eigenvalue weighted by Crippen LogP contribution is -1.99. The molecule has 68 valence electrons. The average Bonchev–Trinajstić information content (AvgIpc) is 2.30. The van der Waals surface area contributed by atoms with Gasteiger partial charge in [-0.25, -0.2) is 0 Å². The summed E-state index contributed by atoms with van der Waals surface area (Å²) in [6.45, 7) is 0. The Morgan fingerprint density at radius 2 is 1.64 bits per heavy atom. The lowest BCUT2D eigenvalue weighted by Gasteiger charge is -2.02. The van der Waals surface area contributed by atoms with E-state index in [1.165, 1.54) is 5.19 Å². The van der Waals surface area contributed by atoms with Crippen molar-refractivity contribution in [2.24, 2.45) is 0 Å². The van der Waals surface area contributed by atoms with Crippen LogP contribution in [-0.2, 0) is 0 Å². The highest BCUT2D eigenvalue weighted by molar-refractivity contribution is 6.64. The Hall–Kier alpha value is -1.54. The van der Waals surface area contributed by atoms with Crippen LogP contribution in [0.2, 0.25) is 0 Å². The number of benzene rings is 1. The molecule has 0 aliphatic rings. The molecule has 0 bridgehead atoms. The molecule has 0 radical (unpaired) electrons. The van der Waals surface area contributed by atoms with Gasteiger partial charge in [-0.2, -0.15) is 0 Å². The second kappa shape index (κ2) is 4.11. The zero-order valence-electron chi connectivity index (χ0n) is 7.68. The van der Waals surface area contributed by atoms with Gasteiger partial charge in [-0.1, -0.05) is 53.8 Å². The highest BCUT2D eigenvalue weighted by atomic mass is 28.2. The first kappa shape index (κ1) is 9.03. The van der Waals surface area contributed by atoms with Crippen LogP contribution in [0.3, 0.4) is 0 Å². The first-order valence-electron chi connectivity index (χ1n) is 4.51. The van der Waals surface area contributed by atoms with Crippen LogP contribution in [0.4, 0.5) is 0 Å². The summed E-state index contributed by atoms with van der Waals surface area (Å²) in [6.07, 6.45) is 0.937. The van der Waals surface area contributed by atoms with Crippen molar-refractivity contribution in [3.05, 3.63) is 59.4 Å². The molecular formula is C12H10OSi. The quantitative estimate of drug-likeness (QED) is 0.535. The predicted octanol–water partition coefficient (Wildman–Crippen LogP) is 2.51. The third-order valence-electron chi connectivity index (χ3n) is 2.17. The molecule has 0 unspecified atom stereocenters. The smallest absolute Gasteiger partial charge is 0.150 e. The Morgan fingerprint density at radius 1 is 0.929 bits per heavy atom. The van der Waals surface area contributed by atoms with Gasteiger partial charge in [0.2, 0.25) is 0 Å². The van der Waals surface area contributed by atoms with Crippen LogP contribution in [0, 0.1) is 0 Å². The maximum atomic E-state index is 10.8. The topological polar surface area (TPSA) is 17.1 Å². The second-order valence-electron chi connectivity index (χ2n) is 3.07. The van der Waals surface area contributed by atoms with Crippen LogP contribution >= 0.6 is 0 Å². The maximum absolute atomic E-state index is 10.8. The molecule has 1 aromatic carbocycles. The van der Waals surface area contributed by atoms with Gasteiger partial charge in [0, 0.05) is 5.56 Å². The van der Waals surface area contributed by atoms with Gasteiger partial charge in [0.25, 0.3) is 0 Å². The van der Waals surface area contributed by atoms with Crippen LogP contribution in [0.5, 0.6) is 0 Å². The third-order valence-corrected chi connectivity index (χ3v) is 4.35. The van der Waals surface area contributed by atoms with Crippen molar-refractivity contribution in [3.63, 3.8) is 0 Å². The van der Waals surface area contributed by atoms with E-state index in [1.807, 2.05) is 30.3 Å². The van der Waals surface area contributed by atoms with Crippen molar-refractivity contribution in [1.82, 2.24) is 0 Å². The van der Waals surface area contributed by atoms with E-state index in [4.69, 9.17) is 0 Å². The third kappa shape index (κ3) is 1.70. The van der Waals surface area contributed by atoms with E-state index in [9.17, 15) is 4.79 Å². The standard InChI is InChI=1S/C12H10OSi/c13-10-11-6-2-3-7-12(11)14-8-4-1-5-9-14/h1-10H. The van der Waals surface area contributed by atoms with Gasteiger partial charge in [-0.05, 0) is 5.19 Å². The van der Waals surface area contributed by atoms with Gasteiger partial charge >= 0.3 is 0 Å². The molecule has 1 heterocycles. The minimum absolute atomic E-state index is 0.791. The molecule has 0 saturated heterocycles. The van der Waals surface area contributed by atoms with Crippen LogP contribution in [-0.4, -0.2) is 14.7 Å². The fourth-order valence-electron chi connectivity index (χ4n) is 1.48. The first-order chi connectivity index (χ1) is 6.92. The number of hydrogen-bond acceptors (Lipinski definition) is 1. The van der Waals surface area contributed by atoms with Crippen LogP contribution in [0.25, 0.3) is 5.19 Å². The molecule has 0 atom stereocenters. The molecule has 0 spiro atoms. The highest BCUT2D eigenvalue weighted by Gasteiger charge is 2.02. The van der Waals surface area contributed by atoms with E-state index in [1.54, 1.807) is 0 Å². The zero-order valence-corrected chi connectivity index (χ0v) is 8.68. The fourth-order valence-corrected chi connectivity index (χ4v) is 3.35. The molecule has 14 heavy (non-hydrogen) atoms. The van der Waals surface area contributed by atoms with Crippen molar-refractivity contribution in [1.29, 1.82) is 0 Å². The van der Waals surface area contributed by atoms with Crippen LogP contribution < -0.4 is 0 Å². The van der Waals surface area contributed by atoms with Gasteiger partial charge in [-0.15, -0.1) is 0 Å². The Morgan fingerprint density at radius 3 is 2.36 bits per heavy atom. The van der Waals surface area contributed by atoms with Crippen molar-refractivity contribution in [2.45, 2.75) is 0 Å². The number of hydrogen-bond donors (Lipinski definition) is 0. The van der Waals surface area contributed by atoms with Crippen molar-refractivity contribution in [3.8, 4) is 5.19 Å².